The Morgan fingerprint density at radius 3 is 2.40 bits per heavy atom. The minimum absolute atomic E-state index is 0.541. The molecule has 0 aliphatic rings. The van der Waals surface area contributed by atoms with Crippen molar-refractivity contribution >= 4 is 11.8 Å². The zero-order valence-corrected chi connectivity index (χ0v) is 8.27. The molecule has 5 nitrogen and oxygen atoms in total. The van der Waals surface area contributed by atoms with E-state index in [-0.39, 0.29) is 0 Å². The summed E-state index contributed by atoms with van der Waals surface area (Å²) in [6, 6.07) is 8.56. The van der Waals surface area contributed by atoms with Gasteiger partial charge in [0.15, 0.2) is 0 Å². The van der Waals surface area contributed by atoms with E-state index in [1.165, 1.54) is 7.11 Å². The lowest BCUT2D eigenvalue weighted by Crippen LogP contribution is -2.36. The van der Waals surface area contributed by atoms with Crippen LogP contribution in [0.3, 0.4) is 0 Å². The van der Waals surface area contributed by atoms with E-state index in [0.29, 0.717) is 5.56 Å². The summed E-state index contributed by atoms with van der Waals surface area (Å²) in [7, 11) is 1.29. The van der Waals surface area contributed by atoms with Gasteiger partial charge in [0.25, 0.3) is 5.91 Å². The molecular formula is C10H12N2O3. The van der Waals surface area contributed by atoms with Gasteiger partial charge in [0, 0.05) is 0 Å². The van der Waals surface area contributed by atoms with Crippen molar-refractivity contribution in [3.63, 3.8) is 0 Å². The predicted molar refractivity (Wildman–Crippen MR) is 53.5 cm³/mol. The normalized spacial score (nSPS) is 11.8. The van der Waals surface area contributed by atoms with Gasteiger partial charge >= 0.3 is 0 Å². The standard InChI is InChI=1S/C10H12N2O3/c1-15-12-10(14)8(9(11)13)7-5-3-2-4-6-7/h2-6,8H,1H3,(H2,11,13)(H,12,14). The molecule has 0 spiro atoms. The van der Waals surface area contributed by atoms with Gasteiger partial charge in [0.2, 0.25) is 5.91 Å². The van der Waals surface area contributed by atoms with Crippen molar-refractivity contribution in [2.24, 2.45) is 5.73 Å². The van der Waals surface area contributed by atoms with E-state index in [1.807, 2.05) is 0 Å². The van der Waals surface area contributed by atoms with Crippen LogP contribution in [0, 0.1) is 0 Å². The van der Waals surface area contributed by atoms with Gasteiger partial charge in [-0.15, -0.1) is 0 Å². The van der Waals surface area contributed by atoms with E-state index in [4.69, 9.17) is 5.73 Å². The van der Waals surface area contributed by atoms with Gasteiger partial charge in [-0.05, 0) is 5.56 Å². The van der Waals surface area contributed by atoms with Crippen molar-refractivity contribution in [2.45, 2.75) is 5.92 Å². The Morgan fingerprint density at radius 1 is 1.33 bits per heavy atom. The molecule has 1 unspecified atom stereocenters. The summed E-state index contributed by atoms with van der Waals surface area (Å²) in [5, 5.41) is 0. The number of rotatable bonds is 4. The molecule has 3 N–H and O–H groups in total. The van der Waals surface area contributed by atoms with E-state index in [2.05, 4.69) is 10.3 Å². The maximum absolute atomic E-state index is 11.4. The second-order valence-electron chi connectivity index (χ2n) is 2.92. The van der Waals surface area contributed by atoms with Gasteiger partial charge in [-0.25, -0.2) is 5.48 Å². The lowest BCUT2D eigenvalue weighted by atomic mass is 9.98. The molecule has 0 saturated heterocycles. The average molecular weight is 208 g/mol. The minimum Gasteiger partial charge on any atom is -0.369 e. The van der Waals surface area contributed by atoms with E-state index in [9.17, 15) is 9.59 Å². The van der Waals surface area contributed by atoms with E-state index in [0.717, 1.165) is 0 Å². The summed E-state index contributed by atoms with van der Waals surface area (Å²) in [6.07, 6.45) is 0. The Balaban J connectivity index is 2.94. The number of hydrogen-bond acceptors (Lipinski definition) is 3. The average Bonchev–Trinajstić information content (AvgIpc) is 2.19. The number of primary amides is 1. The molecule has 1 rings (SSSR count). The second kappa shape index (κ2) is 5.11. The number of amides is 2. The molecule has 0 saturated carbocycles. The number of nitrogens with two attached hydrogens (primary N) is 1. The number of hydroxylamine groups is 1. The highest BCUT2D eigenvalue weighted by Gasteiger charge is 2.25. The largest absolute Gasteiger partial charge is 0.369 e. The summed E-state index contributed by atoms with van der Waals surface area (Å²) in [5.74, 6) is -2.31. The van der Waals surface area contributed by atoms with Crippen LogP contribution in [0.1, 0.15) is 11.5 Å². The van der Waals surface area contributed by atoms with E-state index < -0.39 is 17.7 Å². The molecule has 0 heterocycles. The van der Waals surface area contributed by atoms with Gasteiger partial charge in [0.05, 0.1) is 7.11 Å². The molecule has 1 atom stereocenters. The molecule has 0 aliphatic carbocycles. The zero-order valence-electron chi connectivity index (χ0n) is 8.27. The first-order valence-electron chi connectivity index (χ1n) is 4.34. The van der Waals surface area contributed by atoms with Crippen LogP contribution in [0.25, 0.3) is 0 Å². The van der Waals surface area contributed by atoms with Gasteiger partial charge in [0.1, 0.15) is 5.92 Å². The number of hydrogen-bond donors (Lipinski definition) is 2. The molecule has 80 valence electrons. The molecule has 0 fully saturated rings. The number of carbonyl (C=O) groups excluding carboxylic acids is 2. The smallest absolute Gasteiger partial charge is 0.260 e. The summed E-state index contributed by atoms with van der Waals surface area (Å²) < 4.78 is 0. The lowest BCUT2D eigenvalue weighted by molar-refractivity contribution is -0.137. The highest BCUT2D eigenvalue weighted by molar-refractivity contribution is 6.04. The summed E-state index contributed by atoms with van der Waals surface area (Å²) >= 11 is 0. The van der Waals surface area contributed by atoms with Crippen LogP contribution < -0.4 is 11.2 Å². The van der Waals surface area contributed by atoms with Crippen LogP contribution >= 0.6 is 0 Å². The van der Waals surface area contributed by atoms with Crippen molar-refractivity contribution in [3.05, 3.63) is 35.9 Å². The Labute approximate surface area is 87.2 Å². The van der Waals surface area contributed by atoms with E-state index >= 15 is 0 Å². The maximum atomic E-state index is 11.4. The third-order valence-corrected chi connectivity index (χ3v) is 1.88. The van der Waals surface area contributed by atoms with Crippen LogP contribution in [-0.2, 0) is 14.4 Å². The van der Waals surface area contributed by atoms with Crippen molar-refractivity contribution in [1.29, 1.82) is 0 Å². The van der Waals surface area contributed by atoms with Crippen LogP contribution in [0.5, 0.6) is 0 Å². The van der Waals surface area contributed by atoms with Gasteiger partial charge < -0.3 is 5.73 Å². The maximum Gasteiger partial charge on any atom is 0.260 e. The van der Waals surface area contributed by atoms with Crippen LogP contribution in [0.2, 0.25) is 0 Å². The number of nitrogens with one attached hydrogen (secondary N) is 1. The fourth-order valence-electron chi connectivity index (χ4n) is 1.25. The minimum atomic E-state index is -1.02. The Bertz CT molecular complexity index is 351. The first kappa shape index (κ1) is 11.2. The van der Waals surface area contributed by atoms with Crippen molar-refractivity contribution in [3.8, 4) is 0 Å². The summed E-state index contributed by atoms with van der Waals surface area (Å²) in [5.41, 5.74) is 7.77. The van der Waals surface area contributed by atoms with Gasteiger partial charge in [-0.2, -0.15) is 0 Å². The lowest BCUT2D eigenvalue weighted by Gasteiger charge is -2.12. The van der Waals surface area contributed by atoms with E-state index in [1.54, 1.807) is 30.3 Å². The highest BCUT2D eigenvalue weighted by Crippen LogP contribution is 2.14. The summed E-state index contributed by atoms with van der Waals surface area (Å²) in [6.45, 7) is 0. The molecule has 0 radical (unpaired) electrons. The van der Waals surface area contributed by atoms with Gasteiger partial charge in [-0.1, -0.05) is 30.3 Å². The second-order valence-corrected chi connectivity index (χ2v) is 2.92. The molecule has 0 aromatic heterocycles. The zero-order chi connectivity index (χ0) is 11.3. The van der Waals surface area contributed by atoms with Crippen LogP contribution in [-0.4, -0.2) is 18.9 Å². The fraction of sp³-hybridized carbons (Fsp3) is 0.200. The summed E-state index contributed by atoms with van der Waals surface area (Å²) in [4.78, 5) is 27.0. The molecule has 5 heteroatoms. The van der Waals surface area contributed by atoms with Crippen molar-refractivity contribution in [1.82, 2.24) is 5.48 Å². The monoisotopic (exact) mass is 208 g/mol. The van der Waals surface area contributed by atoms with Crippen LogP contribution in [0.15, 0.2) is 30.3 Å². The number of carbonyl (C=O) groups is 2. The highest BCUT2D eigenvalue weighted by atomic mass is 16.6. The molecular weight excluding hydrogens is 196 g/mol. The third-order valence-electron chi connectivity index (χ3n) is 1.88. The third kappa shape index (κ3) is 2.78. The molecule has 1 aromatic rings. The SMILES string of the molecule is CONC(=O)C(C(N)=O)c1ccccc1. The topological polar surface area (TPSA) is 81.4 Å². The Morgan fingerprint density at radius 2 is 1.93 bits per heavy atom. The quantitative estimate of drug-likeness (QED) is 0.537. The van der Waals surface area contributed by atoms with Gasteiger partial charge in [-0.3, -0.25) is 14.4 Å². The first-order chi connectivity index (χ1) is 7.16. The molecule has 0 bridgehead atoms. The number of benzene rings is 1. The molecule has 1 aromatic carbocycles. The predicted octanol–water partition coefficient (Wildman–Crippen LogP) is -0.0669. The van der Waals surface area contributed by atoms with Crippen molar-refractivity contribution in [2.75, 3.05) is 7.11 Å². The first-order valence-corrected chi connectivity index (χ1v) is 4.34. The Kier molecular flexibility index (Phi) is 3.82. The molecule has 2 amide bonds. The van der Waals surface area contributed by atoms with Crippen LogP contribution in [0.4, 0.5) is 0 Å². The molecule has 0 aliphatic heterocycles. The molecule has 15 heavy (non-hydrogen) atoms. The Hall–Kier alpha value is -1.88. The fourth-order valence-corrected chi connectivity index (χ4v) is 1.25. The van der Waals surface area contributed by atoms with Crippen molar-refractivity contribution < 1.29 is 14.4 Å².